The van der Waals surface area contributed by atoms with E-state index in [0.717, 1.165) is 10.6 Å². The number of hydrogen-bond acceptors (Lipinski definition) is 3. The van der Waals surface area contributed by atoms with Crippen LogP contribution < -0.4 is 4.74 Å². The van der Waals surface area contributed by atoms with E-state index in [1.807, 2.05) is 30.3 Å². The predicted octanol–water partition coefficient (Wildman–Crippen LogP) is 2.37. The Morgan fingerprint density at radius 3 is 2.05 bits per heavy atom. The van der Waals surface area contributed by atoms with Crippen molar-refractivity contribution in [2.45, 2.75) is 0 Å². The molecule has 4 nitrogen and oxygen atoms in total. The summed E-state index contributed by atoms with van der Waals surface area (Å²) in [4.78, 5) is 25.3. The summed E-state index contributed by atoms with van der Waals surface area (Å²) in [5.74, 6) is 5.76. The number of carbonyl (C=O) groups excluding carboxylic acids is 2. The van der Waals surface area contributed by atoms with E-state index in [4.69, 9.17) is 4.74 Å². The van der Waals surface area contributed by atoms with Gasteiger partial charge in [-0.15, -0.1) is 0 Å². The van der Waals surface area contributed by atoms with E-state index in [0.29, 0.717) is 11.1 Å². The van der Waals surface area contributed by atoms with E-state index in [9.17, 15) is 9.59 Å². The van der Waals surface area contributed by atoms with Crippen molar-refractivity contribution in [1.82, 2.24) is 4.90 Å². The average molecular weight is 291 g/mol. The van der Waals surface area contributed by atoms with Crippen LogP contribution in [-0.2, 0) is 0 Å². The summed E-state index contributed by atoms with van der Waals surface area (Å²) in [6.45, 7) is 0.289. The van der Waals surface area contributed by atoms with Gasteiger partial charge >= 0.3 is 0 Å². The number of imide groups is 1. The highest BCUT2D eigenvalue weighted by atomic mass is 16.5. The number of rotatable bonds is 3. The van der Waals surface area contributed by atoms with Crippen molar-refractivity contribution in [1.29, 1.82) is 0 Å². The first-order valence-corrected chi connectivity index (χ1v) is 6.86. The van der Waals surface area contributed by atoms with Crippen LogP contribution in [0.4, 0.5) is 0 Å². The van der Waals surface area contributed by atoms with Gasteiger partial charge in [0.2, 0.25) is 0 Å². The molecule has 1 heterocycles. The zero-order valence-corrected chi connectivity index (χ0v) is 11.8. The SMILES string of the molecule is O=C1c2ccccc2C(=O)N1CC#CCOc1ccccc1. The van der Waals surface area contributed by atoms with Crippen LogP contribution >= 0.6 is 0 Å². The van der Waals surface area contributed by atoms with Gasteiger partial charge in [0.05, 0.1) is 17.7 Å². The molecule has 0 N–H and O–H groups in total. The molecular weight excluding hydrogens is 278 g/mol. The summed E-state index contributed by atoms with van der Waals surface area (Å²) in [7, 11) is 0. The predicted molar refractivity (Wildman–Crippen MR) is 81.5 cm³/mol. The quantitative estimate of drug-likeness (QED) is 0.644. The van der Waals surface area contributed by atoms with Crippen LogP contribution in [0.15, 0.2) is 54.6 Å². The minimum Gasteiger partial charge on any atom is -0.481 e. The average Bonchev–Trinajstić information content (AvgIpc) is 2.81. The van der Waals surface area contributed by atoms with Crippen molar-refractivity contribution < 1.29 is 14.3 Å². The number of amides is 2. The summed E-state index contributed by atoms with van der Waals surface area (Å²) >= 11 is 0. The number of ether oxygens (including phenoxy) is 1. The van der Waals surface area contributed by atoms with Crippen LogP contribution in [0.3, 0.4) is 0 Å². The number of fused-ring (bicyclic) bond motifs is 1. The van der Waals surface area contributed by atoms with Crippen molar-refractivity contribution in [3.05, 3.63) is 65.7 Å². The maximum atomic E-state index is 12.1. The number of nitrogens with zero attached hydrogens (tertiary/aromatic N) is 1. The van der Waals surface area contributed by atoms with Gasteiger partial charge in [-0.1, -0.05) is 42.2 Å². The van der Waals surface area contributed by atoms with E-state index in [-0.39, 0.29) is 25.0 Å². The van der Waals surface area contributed by atoms with E-state index in [1.165, 1.54) is 0 Å². The number of carbonyl (C=O) groups is 2. The summed E-state index contributed by atoms with van der Waals surface area (Å²) in [5, 5.41) is 0. The van der Waals surface area contributed by atoms with Crippen molar-refractivity contribution in [2.24, 2.45) is 0 Å². The van der Waals surface area contributed by atoms with Gasteiger partial charge in [-0.05, 0) is 24.3 Å². The molecule has 2 aromatic rings. The lowest BCUT2D eigenvalue weighted by molar-refractivity contribution is 0.0675. The highest BCUT2D eigenvalue weighted by molar-refractivity contribution is 6.21. The highest BCUT2D eigenvalue weighted by Crippen LogP contribution is 2.21. The molecule has 22 heavy (non-hydrogen) atoms. The summed E-state index contributed by atoms with van der Waals surface area (Å²) in [6.07, 6.45) is 0. The second-order valence-electron chi connectivity index (χ2n) is 4.70. The molecule has 2 amide bonds. The van der Waals surface area contributed by atoms with Crippen molar-refractivity contribution >= 4 is 11.8 Å². The van der Waals surface area contributed by atoms with Gasteiger partial charge < -0.3 is 4.74 Å². The third-order valence-electron chi connectivity index (χ3n) is 3.29. The van der Waals surface area contributed by atoms with Crippen LogP contribution in [0.25, 0.3) is 0 Å². The van der Waals surface area contributed by atoms with Crippen molar-refractivity contribution in [3.8, 4) is 17.6 Å². The monoisotopic (exact) mass is 291 g/mol. The van der Waals surface area contributed by atoms with Gasteiger partial charge in [0.1, 0.15) is 12.4 Å². The number of benzene rings is 2. The topological polar surface area (TPSA) is 46.6 Å². The Balaban J connectivity index is 1.58. The zero-order chi connectivity index (χ0) is 15.4. The fourth-order valence-corrected chi connectivity index (χ4v) is 2.20. The van der Waals surface area contributed by atoms with Crippen LogP contribution in [-0.4, -0.2) is 29.9 Å². The molecule has 0 atom stereocenters. The summed E-state index contributed by atoms with van der Waals surface area (Å²) < 4.78 is 5.42. The fourth-order valence-electron chi connectivity index (χ4n) is 2.20. The van der Waals surface area contributed by atoms with Gasteiger partial charge in [-0.25, -0.2) is 0 Å². The Kier molecular flexibility index (Phi) is 3.88. The lowest BCUT2D eigenvalue weighted by Gasteiger charge is -2.08. The largest absolute Gasteiger partial charge is 0.481 e. The van der Waals surface area contributed by atoms with Crippen LogP contribution in [0, 0.1) is 11.8 Å². The Morgan fingerprint density at radius 2 is 1.41 bits per heavy atom. The first kappa shape index (κ1) is 13.9. The van der Waals surface area contributed by atoms with Gasteiger partial charge in [0.25, 0.3) is 11.8 Å². The molecule has 3 rings (SSSR count). The molecule has 108 valence electrons. The van der Waals surface area contributed by atoms with E-state index < -0.39 is 0 Å². The Hall–Kier alpha value is -3.06. The second kappa shape index (κ2) is 6.15. The van der Waals surface area contributed by atoms with E-state index in [1.54, 1.807) is 24.3 Å². The molecule has 1 aliphatic rings. The molecule has 4 heteroatoms. The number of hydrogen-bond donors (Lipinski definition) is 0. The number of para-hydroxylation sites is 1. The third kappa shape index (κ3) is 2.70. The Bertz CT molecular complexity index is 737. The molecule has 0 spiro atoms. The standard InChI is InChI=1S/C18H13NO3/c20-17-15-10-4-5-11-16(15)18(21)19(17)12-6-7-13-22-14-8-2-1-3-9-14/h1-5,8-11H,12-13H2. The van der Waals surface area contributed by atoms with Gasteiger partial charge in [-0.3, -0.25) is 14.5 Å². The fraction of sp³-hybridized carbons (Fsp3) is 0.111. The maximum absolute atomic E-state index is 12.1. The van der Waals surface area contributed by atoms with Crippen LogP contribution in [0.1, 0.15) is 20.7 Å². The molecule has 0 aliphatic carbocycles. The summed E-state index contributed by atoms with van der Waals surface area (Å²) in [6, 6.07) is 16.1. The minimum absolute atomic E-state index is 0.0739. The first-order chi connectivity index (χ1) is 10.8. The van der Waals surface area contributed by atoms with E-state index in [2.05, 4.69) is 11.8 Å². The molecular formula is C18H13NO3. The highest BCUT2D eigenvalue weighted by Gasteiger charge is 2.34. The molecule has 0 saturated heterocycles. The third-order valence-corrected chi connectivity index (χ3v) is 3.29. The smallest absolute Gasteiger partial charge is 0.262 e. The minimum atomic E-state index is -0.293. The molecule has 2 aromatic carbocycles. The van der Waals surface area contributed by atoms with E-state index >= 15 is 0 Å². The molecule has 0 aromatic heterocycles. The zero-order valence-electron chi connectivity index (χ0n) is 11.8. The normalized spacial score (nSPS) is 12.6. The molecule has 0 saturated carbocycles. The molecule has 1 aliphatic heterocycles. The Labute approximate surface area is 128 Å². The lowest BCUT2D eigenvalue weighted by Crippen LogP contribution is -2.30. The first-order valence-electron chi connectivity index (χ1n) is 6.86. The lowest BCUT2D eigenvalue weighted by atomic mass is 10.1. The van der Waals surface area contributed by atoms with Crippen LogP contribution in [0.2, 0.25) is 0 Å². The molecule has 0 radical (unpaired) electrons. The van der Waals surface area contributed by atoms with Gasteiger partial charge in [0.15, 0.2) is 0 Å². The second-order valence-corrected chi connectivity index (χ2v) is 4.70. The van der Waals surface area contributed by atoms with Crippen molar-refractivity contribution in [2.75, 3.05) is 13.2 Å². The molecule has 0 unspecified atom stereocenters. The molecule has 0 bridgehead atoms. The molecule has 0 fully saturated rings. The van der Waals surface area contributed by atoms with Crippen LogP contribution in [0.5, 0.6) is 5.75 Å². The Morgan fingerprint density at radius 1 is 0.818 bits per heavy atom. The van der Waals surface area contributed by atoms with Gasteiger partial charge in [-0.2, -0.15) is 0 Å². The van der Waals surface area contributed by atoms with Crippen molar-refractivity contribution in [3.63, 3.8) is 0 Å². The van der Waals surface area contributed by atoms with Gasteiger partial charge in [0, 0.05) is 0 Å². The summed E-state index contributed by atoms with van der Waals surface area (Å²) in [5.41, 5.74) is 0.879. The maximum Gasteiger partial charge on any atom is 0.262 e.